The van der Waals surface area contributed by atoms with Crippen LogP contribution in [0.3, 0.4) is 0 Å². The Morgan fingerprint density at radius 1 is 1.24 bits per heavy atom. The molecule has 0 unspecified atom stereocenters. The molecular weight excluding hydrogens is 322 g/mol. The number of benzene rings is 1. The second-order valence-corrected chi connectivity index (χ2v) is 6.71. The summed E-state index contributed by atoms with van der Waals surface area (Å²) in [6.45, 7) is 1.11. The molecule has 1 aliphatic carbocycles. The summed E-state index contributed by atoms with van der Waals surface area (Å²) in [5.41, 5.74) is 0.848. The Balaban J connectivity index is 1.72. The minimum absolute atomic E-state index is 0.0940. The third-order valence-electron chi connectivity index (χ3n) is 4.81. The second-order valence-electron chi connectivity index (χ2n) is 6.71. The van der Waals surface area contributed by atoms with Crippen LogP contribution in [0.25, 0.3) is 0 Å². The third kappa shape index (κ3) is 4.80. The van der Waals surface area contributed by atoms with E-state index in [1.54, 1.807) is 4.90 Å². The maximum atomic E-state index is 13.1. The molecule has 1 aromatic carbocycles. The van der Waals surface area contributed by atoms with Crippen molar-refractivity contribution < 1.29 is 24.2 Å². The van der Waals surface area contributed by atoms with E-state index in [1.165, 1.54) is 0 Å². The fourth-order valence-corrected chi connectivity index (χ4v) is 3.53. The van der Waals surface area contributed by atoms with Gasteiger partial charge in [0.05, 0.1) is 25.2 Å². The molecule has 0 bridgehead atoms. The van der Waals surface area contributed by atoms with Gasteiger partial charge >= 0.3 is 5.97 Å². The van der Waals surface area contributed by atoms with Crippen molar-refractivity contribution in [1.29, 1.82) is 0 Å². The van der Waals surface area contributed by atoms with Gasteiger partial charge < -0.3 is 19.5 Å². The molecule has 2 aliphatic rings. The molecule has 0 radical (unpaired) electrons. The van der Waals surface area contributed by atoms with Gasteiger partial charge in [0, 0.05) is 13.1 Å². The Hall–Kier alpha value is -1.92. The van der Waals surface area contributed by atoms with E-state index in [-0.39, 0.29) is 18.4 Å². The maximum Gasteiger partial charge on any atom is 0.306 e. The number of carboxylic acids is 1. The molecule has 6 nitrogen and oxygen atoms in total. The fourth-order valence-electron chi connectivity index (χ4n) is 3.53. The number of carboxylic acid groups (broad SMARTS) is 1. The smallest absolute Gasteiger partial charge is 0.306 e. The van der Waals surface area contributed by atoms with E-state index in [9.17, 15) is 9.59 Å². The summed E-state index contributed by atoms with van der Waals surface area (Å²) in [7, 11) is 0. The Bertz CT molecular complexity index is 585. The van der Waals surface area contributed by atoms with Gasteiger partial charge in [0.1, 0.15) is 0 Å². The number of hydrogen-bond acceptors (Lipinski definition) is 4. The summed E-state index contributed by atoms with van der Waals surface area (Å²) in [4.78, 5) is 25.7. The lowest BCUT2D eigenvalue weighted by Gasteiger charge is -2.35. The number of carbonyl (C=O) groups excluding carboxylic acids is 1. The highest BCUT2D eigenvalue weighted by Crippen LogP contribution is 2.29. The third-order valence-corrected chi connectivity index (χ3v) is 4.81. The van der Waals surface area contributed by atoms with E-state index in [0.717, 1.165) is 31.2 Å². The first kappa shape index (κ1) is 17.9. The molecule has 25 heavy (non-hydrogen) atoms. The first-order chi connectivity index (χ1) is 12.1. The van der Waals surface area contributed by atoms with Crippen molar-refractivity contribution in [2.45, 2.75) is 50.4 Å². The van der Waals surface area contributed by atoms with Crippen molar-refractivity contribution in [3.8, 4) is 0 Å². The number of amides is 1. The number of carbonyl (C=O) groups is 2. The minimum atomic E-state index is -0.916. The highest BCUT2D eigenvalue weighted by molar-refractivity contribution is 5.82. The van der Waals surface area contributed by atoms with Crippen LogP contribution in [0.5, 0.6) is 0 Å². The molecule has 3 rings (SSSR count). The first-order valence-electron chi connectivity index (χ1n) is 8.96. The van der Waals surface area contributed by atoms with Crippen LogP contribution in [-0.4, -0.2) is 53.8 Å². The quantitative estimate of drug-likeness (QED) is 0.855. The zero-order chi connectivity index (χ0) is 17.6. The Morgan fingerprint density at radius 3 is 2.64 bits per heavy atom. The van der Waals surface area contributed by atoms with Crippen molar-refractivity contribution >= 4 is 11.9 Å². The van der Waals surface area contributed by atoms with Gasteiger partial charge in [-0.2, -0.15) is 0 Å². The Morgan fingerprint density at radius 2 is 1.96 bits per heavy atom. The van der Waals surface area contributed by atoms with Crippen molar-refractivity contribution in [2.75, 3.05) is 19.7 Å². The van der Waals surface area contributed by atoms with Crippen LogP contribution in [0, 0.1) is 0 Å². The predicted molar refractivity (Wildman–Crippen MR) is 91.1 cm³/mol. The van der Waals surface area contributed by atoms with Crippen molar-refractivity contribution in [1.82, 2.24) is 4.90 Å². The van der Waals surface area contributed by atoms with E-state index in [1.807, 2.05) is 30.3 Å². The van der Waals surface area contributed by atoms with Crippen LogP contribution in [0.1, 0.15) is 43.8 Å². The van der Waals surface area contributed by atoms with Crippen molar-refractivity contribution in [2.24, 2.45) is 0 Å². The standard InChI is InChI=1S/C19H25NO5/c21-17(22)12-16-13-20(10-11-24-16)19(23)18(14-6-2-1-3-7-14)25-15-8-4-5-9-15/h1-3,6-7,15-16,18H,4-5,8-13H2,(H,21,22)/t16-,18+/m0/s1. The van der Waals surface area contributed by atoms with Gasteiger partial charge in [0.25, 0.3) is 5.91 Å². The van der Waals surface area contributed by atoms with Crippen LogP contribution in [0.4, 0.5) is 0 Å². The molecule has 0 spiro atoms. The van der Waals surface area contributed by atoms with E-state index >= 15 is 0 Å². The molecule has 1 N–H and O–H groups in total. The monoisotopic (exact) mass is 347 g/mol. The molecular formula is C19H25NO5. The lowest BCUT2D eigenvalue weighted by atomic mass is 10.1. The van der Waals surface area contributed by atoms with Crippen molar-refractivity contribution in [3.05, 3.63) is 35.9 Å². The Labute approximate surface area is 147 Å². The zero-order valence-electron chi connectivity index (χ0n) is 14.3. The molecule has 1 saturated carbocycles. The summed E-state index contributed by atoms with van der Waals surface area (Å²) >= 11 is 0. The van der Waals surface area contributed by atoms with Gasteiger partial charge in [0.15, 0.2) is 6.10 Å². The van der Waals surface area contributed by atoms with Crippen molar-refractivity contribution in [3.63, 3.8) is 0 Å². The van der Waals surface area contributed by atoms with Crippen LogP contribution in [0.2, 0.25) is 0 Å². The number of ether oxygens (including phenoxy) is 2. The van der Waals surface area contributed by atoms with Crippen LogP contribution >= 0.6 is 0 Å². The molecule has 1 saturated heterocycles. The highest BCUT2D eigenvalue weighted by atomic mass is 16.5. The normalized spacial score (nSPS) is 22.7. The van der Waals surface area contributed by atoms with Gasteiger partial charge in [-0.05, 0) is 18.4 Å². The SMILES string of the molecule is O=C(O)C[C@H]1CN(C(=O)[C@H](OC2CCCC2)c2ccccc2)CCO1. The highest BCUT2D eigenvalue weighted by Gasteiger charge is 2.33. The molecule has 1 aliphatic heterocycles. The van der Waals surface area contributed by atoms with Crippen LogP contribution in [0.15, 0.2) is 30.3 Å². The summed E-state index contributed by atoms with van der Waals surface area (Å²) in [6, 6.07) is 9.54. The summed E-state index contributed by atoms with van der Waals surface area (Å²) in [5, 5.41) is 8.96. The minimum Gasteiger partial charge on any atom is -0.481 e. The molecule has 0 aromatic heterocycles. The second kappa shape index (κ2) is 8.45. The van der Waals surface area contributed by atoms with Gasteiger partial charge in [-0.15, -0.1) is 0 Å². The number of aliphatic carboxylic acids is 1. The largest absolute Gasteiger partial charge is 0.481 e. The van der Waals surface area contributed by atoms with Gasteiger partial charge in [-0.25, -0.2) is 0 Å². The average molecular weight is 347 g/mol. The van der Waals surface area contributed by atoms with Gasteiger partial charge in [-0.1, -0.05) is 43.2 Å². The van der Waals surface area contributed by atoms with E-state index in [4.69, 9.17) is 14.6 Å². The molecule has 2 fully saturated rings. The molecule has 1 aromatic rings. The first-order valence-corrected chi connectivity index (χ1v) is 8.96. The average Bonchev–Trinajstić information content (AvgIpc) is 3.13. The van der Waals surface area contributed by atoms with E-state index in [2.05, 4.69) is 0 Å². The lowest BCUT2D eigenvalue weighted by molar-refractivity contribution is -0.158. The Kier molecular flexibility index (Phi) is 6.04. The number of hydrogen-bond donors (Lipinski definition) is 1. The predicted octanol–water partition coefficient (Wildman–Crippen LogP) is 2.39. The molecule has 6 heteroatoms. The summed E-state index contributed by atoms with van der Waals surface area (Å²) in [6.07, 6.45) is 3.18. The van der Waals surface area contributed by atoms with E-state index in [0.29, 0.717) is 19.7 Å². The topological polar surface area (TPSA) is 76.1 Å². The van der Waals surface area contributed by atoms with E-state index < -0.39 is 18.2 Å². The fraction of sp³-hybridized carbons (Fsp3) is 0.579. The van der Waals surface area contributed by atoms with Gasteiger partial charge in [-0.3, -0.25) is 9.59 Å². The zero-order valence-corrected chi connectivity index (χ0v) is 14.3. The van der Waals surface area contributed by atoms with Crippen LogP contribution in [-0.2, 0) is 19.1 Å². The molecule has 2 atom stereocenters. The number of nitrogens with zero attached hydrogens (tertiary/aromatic N) is 1. The van der Waals surface area contributed by atoms with Gasteiger partial charge in [0.2, 0.25) is 0 Å². The summed E-state index contributed by atoms with van der Waals surface area (Å²) in [5.74, 6) is -1.02. The summed E-state index contributed by atoms with van der Waals surface area (Å²) < 4.78 is 11.7. The molecule has 1 heterocycles. The molecule has 136 valence electrons. The molecule has 1 amide bonds. The number of morpholine rings is 1. The van der Waals surface area contributed by atoms with Crippen LogP contribution < -0.4 is 0 Å². The maximum absolute atomic E-state index is 13.1. The lowest BCUT2D eigenvalue weighted by Crippen LogP contribution is -2.48. The number of rotatable bonds is 6.